The van der Waals surface area contributed by atoms with E-state index in [1.54, 1.807) is 6.92 Å². The third-order valence-electron chi connectivity index (χ3n) is 3.04. The number of nitro benzene ring substituents is 1. The van der Waals surface area contributed by atoms with Gasteiger partial charge in [0.15, 0.2) is 5.78 Å². The molecule has 2 aromatic rings. The number of nitro groups is 1. The maximum absolute atomic E-state index is 12.2. The van der Waals surface area contributed by atoms with Crippen LogP contribution in [0, 0.1) is 17.0 Å². The number of carbonyl (C=O) groups excluding carboxylic acids is 1. The normalized spacial score (nSPS) is 10.7. The number of hydrogen-bond donors (Lipinski definition) is 0. The molecule has 0 aliphatic heterocycles. The summed E-state index contributed by atoms with van der Waals surface area (Å²) in [5.41, 5.74) is -0.440. The number of ether oxygens (including phenoxy) is 1. The number of ketones is 1. The van der Waals surface area contributed by atoms with E-state index >= 15 is 0 Å². The molecule has 0 N–H and O–H groups in total. The fourth-order valence-electron chi connectivity index (χ4n) is 1.93. The summed E-state index contributed by atoms with van der Waals surface area (Å²) in [6.45, 7) is 1.57. The van der Waals surface area contributed by atoms with E-state index in [2.05, 4.69) is 0 Å². The topological polar surface area (TPSA) is 99.7 Å². The first-order valence-corrected chi connectivity index (χ1v) is 6.58. The number of nitrogens with zero attached hydrogens (tertiary/aromatic N) is 1. The molecule has 0 saturated carbocycles. The van der Waals surface area contributed by atoms with E-state index in [-0.39, 0.29) is 17.0 Å². The maximum Gasteiger partial charge on any atom is 0.351 e. The van der Waals surface area contributed by atoms with Crippen molar-refractivity contribution in [3.05, 3.63) is 73.8 Å². The number of allylic oxidation sites excluding steroid dienone is 1. The Balaban J connectivity index is 2.28. The molecule has 0 amide bonds. The number of methoxy groups -OCH3 is 1. The van der Waals surface area contributed by atoms with Crippen LogP contribution in [0.1, 0.15) is 21.7 Å². The molecule has 0 spiro atoms. The predicted molar refractivity (Wildman–Crippen MR) is 82.7 cm³/mol. The summed E-state index contributed by atoms with van der Waals surface area (Å²) < 4.78 is 9.93. The van der Waals surface area contributed by atoms with Gasteiger partial charge in [0.1, 0.15) is 17.1 Å². The second-order valence-electron chi connectivity index (χ2n) is 4.63. The van der Waals surface area contributed by atoms with Crippen molar-refractivity contribution in [2.24, 2.45) is 0 Å². The lowest BCUT2D eigenvalue weighted by Gasteiger charge is -2.04. The van der Waals surface area contributed by atoms with Crippen LogP contribution in [0.3, 0.4) is 0 Å². The third-order valence-corrected chi connectivity index (χ3v) is 3.04. The second kappa shape index (κ2) is 6.69. The van der Waals surface area contributed by atoms with E-state index in [1.807, 2.05) is 0 Å². The molecule has 0 atom stereocenters. The Morgan fingerprint density at radius 2 is 1.96 bits per heavy atom. The zero-order valence-corrected chi connectivity index (χ0v) is 12.4. The highest BCUT2D eigenvalue weighted by molar-refractivity contribution is 6.08. The maximum atomic E-state index is 12.2. The van der Waals surface area contributed by atoms with Crippen molar-refractivity contribution in [3.63, 3.8) is 0 Å². The van der Waals surface area contributed by atoms with Crippen LogP contribution in [0.2, 0.25) is 0 Å². The van der Waals surface area contributed by atoms with E-state index in [0.29, 0.717) is 11.3 Å². The van der Waals surface area contributed by atoms with Crippen molar-refractivity contribution in [1.29, 1.82) is 0 Å². The lowest BCUT2D eigenvalue weighted by Crippen LogP contribution is -2.14. The first kappa shape index (κ1) is 16.2. The van der Waals surface area contributed by atoms with Crippen LogP contribution in [0.5, 0.6) is 5.75 Å². The molecule has 0 bridgehead atoms. The van der Waals surface area contributed by atoms with Crippen LogP contribution in [0.25, 0.3) is 6.08 Å². The van der Waals surface area contributed by atoms with Crippen molar-refractivity contribution in [2.75, 3.05) is 7.11 Å². The van der Waals surface area contributed by atoms with E-state index < -0.39 is 16.3 Å². The fraction of sp³-hybridized carbons (Fsp3) is 0.125. The van der Waals surface area contributed by atoms with Crippen LogP contribution in [0.15, 0.2) is 45.6 Å². The highest BCUT2D eigenvalue weighted by Gasteiger charge is 2.17. The van der Waals surface area contributed by atoms with Gasteiger partial charge < -0.3 is 9.15 Å². The van der Waals surface area contributed by atoms with Crippen LogP contribution >= 0.6 is 0 Å². The zero-order valence-electron chi connectivity index (χ0n) is 12.4. The number of aryl methyl sites for hydroxylation is 1. The summed E-state index contributed by atoms with van der Waals surface area (Å²) in [5.74, 6) is -0.103. The van der Waals surface area contributed by atoms with Crippen molar-refractivity contribution >= 4 is 17.5 Å². The molecule has 118 valence electrons. The zero-order chi connectivity index (χ0) is 17.0. The first-order chi connectivity index (χ1) is 10.9. The SMILES string of the molecule is COc1cc(C)oc(=O)c1C(=O)C=Cc1ccc([N+](=O)[O-])cc1. The molecule has 0 unspecified atom stereocenters. The minimum atomic E-state index is -0.778. The van der Waals surface area contributed by atoms with Crippen molar-refractivity contribution in [2.45, 2.75) is 6.92 Å². The van der Waals surface area contributed by atoms with Crippen molar-refractivity contribution in [3.8, 4) is 5.75 Å². The van der Waals surface area contributed by atoms with Crippen molar-refractivity contribution in [1.82, 2.24) is 0 Å². The highest BCUT2D eigenvalue weighted by atomic mass is 16.6. The summed E-state index contributed by atoms with van der Waals surface area (Å²) in [7, 11) is 1.35. The largest absolute Gasteiger partial charge is 0.496 e. The summed E-state index contributed by atoms with van der Waals surface area (Å²) in [4.78, 5) is 34.0. The van der Waals surface area contributed by atoms with E-state index in [1.165, 1.54) is 49.6 Å². The van der Waals surface area contributed by atoms with Gasteiger partial charge in [0, 0.05) is 18.2 Å². The lowest BCUT2D eigenvalue weighted by atomic mass is 10.1. The van der Waals surface area contributed by atoms with Crippen molar-refractivity contribution < 1.29 is 18.9 Å². The molecule has 0 aliphatic carbocycles. The second-order valence-corrected chi connectivity index (χ2v) is 4.63. The highest BCUT2D eigenvalue weighted by Crippen LogP contribution is 2.18. The number of benzene rings is 1. The predicted octanol–water partition coefficient (Wildman–Crippen LogP) is 2.76. The molecule has 23 heavy (non-hydrogen) atoms. The van der Waals surface area contributed by atoms with Gasteiger partial charge in [0.2, 0.25) is 0 Å². The monoisotopic (exact) mass is 315 g/mol. The van der Waals surface area contributed by atoms with Gasteiger partial charge in [0.25, 0.3) is 5.69 Å². The van der Waals surface area contributed by atoms with Gasteiger partial charge in [-0.15, -0.1) is 0 Å². The van der Waals surface area contributed by atoms with Gasteiger partial charge in [-0.25, -0.2) is 4.79 Å². The summed E-state index contributed by atoms with van der Waals surface area (Å²) >= 11 is 0. The standard InChI is InChI=1S/C16H13NO6/c1-10-9-14(22-2)15(16(19)23-10)13(18)8-5-11-3-6-12(7-4-11)17(20)21/h3-9H,1-2H3. The molecule has 7 nitrogen and oxygen atoms in total. The van der Waals surface area contributed by atoms with E-state index in [4.69, 9.17) is 9.15 Å². The summed E-state index contributed by atoms with van der Waals surface area (Å²) in [6.07, 6.45) is 2.63. The number of carbonyl (C=O) groups is 1. The molecule has 0 aliphatic rings. The molecule has 1 heterocycles. The molecule has 2 rings (SSSR count). The first-order valence-electron chi connectivity index (χ1n) is 6.58. The summed E-state index contributed by atoms with van der Waals surface area (Å²) in [6, 6.07) is 7.10. The molecule has 0 fully saturated rings. The van der Waals surface area contributed by atoms with Gasteiger partial charge in [-0.3, -0.25) is 14.9 Å². The fourth-order valence-corrected chi connectivity index (χ4v) is 1.93. The number of hydrogen-bond acceptors (Lipinski definition) is 6. The molecule has 1 aromatic heterocycles. The average molecular weight is 315 g/mol. The molecule has 1 aromatic carbocycles. The molecule has 7 heteroatoms. The van der Waals surface area contributed by atoms with Gasteiger partial charge in [-0.2, -0.15) is 0 Å². The Labute approximate surface area is 131 Å². The molecular formula is C16H13NO6. The quantitative estimate of drug-likeness (QED) is 0.364. The van der Waals surface area contributed by atoms with Gasteiger partial charge >= 0.3 is 5.63 Å². The smallest absolute Gasteiger partial charge is 0.351 e. The van der Waals surface area contributed by atoms with Crippen LogP contribution in [-0.2, 0) is 0 Å². The lowest BCUT2D eigenvalue weighted by molar-refractivity contribution is -0.384. The molecular weight excluding hydrogens is 302 g/mol. The molecule has 0 radical (unpaired) electrons. The van der Waals surface area contributed by atoms with Crippen LogP contribution < -0.4 is 10.4 Å². The Bertz CT molecular complexity index is 833. The Kier molecular flexibility index (Phi) is 4.70. The number of rotatable bonds is 5. The van der Waals surface area contributed by atoms with E-state index in [9.17, 15) is 19.7 Å². The Morgan fingerprint density at radius 3 is 2.52 bits per heavy atom. The van der Waals surface area contributed by atoms with Gasteiger partial charge in [-0.05, 0) is 30.7 Å². The minimum Gasteiger partial charge on any atom is -0.496 e. The Morgan fingerprint density at radius 1 is 1.30 bits per heavy atom. The minimum absolute atomic E-state index is 0.0469. The average Bonchev–Trinajstić information content (AvgIpc) is 2.52. The van der Waals surface area contributed by atoms with E-state index in [0.717, 1.165) is 0 Å². The van der Waals surface area contributed by atoms with Gasteiger partial charge in [-0.1, -0.05) is 6.08 Å². The number of non-ortho nitro benzene ring substituents is 1. The molecule has 0 saturated heterocycles. The van der Waals surface area contributed by atoms with Crippen LogP contribution in [0.4, 0.5) is 5.69 Å². The summed E-state index contributed by atoms with van der Waals surface area (Å²) in [5, 5.41) is 10.6. The Hall–Kier alpha value is -3.22. The third kappa shape index (κ3) is 3.70. The van der Waals surface area contributed by atoms with Gasteiger partial charge in [0.05, 0.1) is 12.0 Å². The van der Waals surface area contributed by atoms with Crippen LogP contribution in [-0.4, -0.2) is 17.8 Å².